The lowest BCUT2D eigenvalue weighted by Gasteiger charge is -2.25. The van der Waals surface area contributed by atoms with Gasteiger partial charge < -0.3 is 10.3 Å². The number of hydrogen-bond acceptors (Lipinski definition) is 3. The van der Waals surface area contributed by atoms with Gasteiger partial charge in [0, 0.05) is 11.8 Å². The lowest BCUT2D eigenvalue weighted by atomic mass is 9.96. The largest absolute Gasteiger partial charge is 0.330 e. The van der Waals surface area contributed by atoms with E-state index in [2.05, 4.69) is 23.4 Å². The van der Waals surface area contributed by atoms with Crippen LogP contribution in [0.1, 0.15) is 32.0 Å². The third-order valence-electron chi connectivity index (χ3n) is 2.78. The van der Waals surface area contributed by atoms with Crippen LogP contribution < -0.4 is 5.73 Å². The maximum atomic E-state index is 6.38. The van der Waals surface area contributed by atoms with E-state index in [0.717, 1.165) is 12.2 Å². The van der Waals surface area contributed by atoms with E-state index in [1.165, 1.54) is 11.4 Å². The van der Waals surface area contributed by atoms with Crippen LogP contribution in [0.2, 0.25) is 0 Å². The smallest absolute Gasteiger partial charge is 0.0951 e. The molecule has 1 aromatic heterocycles. The van der Waals surface area contributed by atoms with Crippen LogP contribution in [-0.2, 0) is 5.54 Å². The van der Waals surface area contributed by atoms with Crippen LogP contribution in [0.15, 0.2) is 12.5 Å². The fraction of sp³-hybridized carbons (Fsp3) is 0.700. The molecule has 1 aliphatic rings. The molecule has 0 spiro atoms. The van der Waals surface area contributed by atoms with Gasteiger partial charge in [-0.1, -0.05) is 0 Å². The Hall–Kier alpha value is -0.480. The molecular weight excluding hydrogens is 194 g/mol. The molecule has 0 radical (unpaired) electrons. The minimum absolute atomic E-state index is 0.147. The van der Waals surface area contributed by atoms with Crippen LogP contribution in [0.25, 0.3) is 0 Å². The fourth-order valence-corrected chi connectivity index (χ4v) is 3.19. The van der Waals surface area contributed by atoms with Crippen molar-refractivity contribution in [3.05, 3.63) is 18.2 Å². The first kappa shape index (κ1) is 10.1. The highest BCUT2D eigenvalue weighted by molar-refractivity contribution is 7.99. The van der Waals surface area contributed by atoms with Gasteiger partial charge in [0.15, 0.2) is 0 Å². The number of rotatable bonds is 2. The third-order valence-corrected chi connectivity index (χ3v) is 4.00. The Bertz CT molecular complexity index is 313. The minimum atomic E-state index is -0.147. The Balaban J connectivity index is 2.35. The molecule has 0 aliphatic carbocycles. The predicted molar refractivity (Wildman–Crippen MR) is 60.4 cm³/mol. The highest BCUT2D eigenvalue weighted by atomic mass is 32.2. The van der Waals surface area contributed by atoms with Gasteiger partial charge in [0.05, 0.1) is 23.8 Å². The molecule has 3 nitrogen and oxygen atoms in total. The second-order valence-electron chi connectivity index (χ2n) is 4.24. The lowest BCUT2D eigenvalue weighted by Crippen LogP contribution is -2.38. The van der Waals surface area contributed by atoms with Crippen molar-refractivity contribution in [2.24, 2.45) is 5.73 Å². The molecule has 78 valence electrons. The second-order valence-corrected chi connectivity index (χ2v) is 5.34. The number of imidazole rings is 1. The molecule has 1 aromatic rings. The molecule has 1 saturated heterocycles. The van der Waals surface area contributed by atoms with Crippen molar-refractivity contribution in [2.45, 2.75) is 31.8 Å². The molecule has 1 aliphatic heterocycles. The van der Waals surface area contributed by atoms with Gasteiger partial charge in [-0.05, 0) is 26.0 Å². The van der Waals surface area contributed by atoms with Gasteiger partial charge >= 0.3 is 0 Å². The summed E-state index contributed by atoms with van der Waals surface area (Å²) in [5.74, 6) is 2.19. The van der Waals surface area contributed by atoms with Crippen molar-refractivity contribution < 1.29 is 0 Å². The monoisotopic (exact) mass is 211 g/mol. The summed E-state index contributed by atoms with van der Waals surface area (Å²) >= 11 is 1.93. The van der Waals surface area contributed by atoms with E-state index in [1.807, 2.05) is 24.3 Å². The Morgan fingerprint density at radius 1 is 1.64 bits per heavy atom. The van der Waals surface area contributed by atoms with Gasteiger partial charge in [0.1, 0.15) is 0 Å². The molecule has 1 fully saturated rings. The van der Waals surface area contributed by atoms with E-state index in [1.54, 1.807) is 0 Å². The van der Waals surface area contributed by atoms with Gasteiger partial charge in [-0.25, -0.2) is 4.98 Å². The van der Waals surface area contributed by atoms with E-state index >= 15 is 0 Å². The van der Waals surface area contributed by atoms with E-state index in [9.17, 15) is 0 Å². The molecule has 0 aromatic carbocycles. The van der Waals surface area contributed by atoms with Crippen LogP contribution >= 0.6 is 11.8 Å². The Kier molecular flexibility index (Phi) is 2.58. The van der Waals surface area contributed by atoms with Crippen LogP contribution in [-0.4, -0.2) is 21.1 Å². The van der Waals surface area contributed by atoms with Gasteiger partial charge in [-0.3, -0.25) is 0 Å². The normalized spacial score (nSPS) is 27.4. The molecule has 4 heteroatoms. The number of nitrogens with two attached hydrogens (primary N) is 1. The van der Waals surface area contributed by atoms with Crippen molar-refractivity contribution in [3.8, 4) is 0 Å². The molecule has 0 amide bonds. The molecule has 1 unspecified atom stereocenters. The van der Waals surface area contributed by atoms with Crippen molar-refractivity contribution in [1.82, 2.24) is 9.55 Å². The van der Waals surface area contributed by atoms with Crippen LogP contribution in [0.4, 0.5) is 0 Å². The molecule has 2 rings (SSSR count). The standard InChI is InChI=1S/C10H17N3S/c1-8(2)13-7-12-5-9(13)10(11)3-4-14-6-10/h5,7-8H,3-4,6,11H2,1-2H3. The van der Waals surface area contributed by atoms with Crippen molar-refractivity contribution in [3.63, 3.8) is 0 Å². The van der Waals surface area contributed by atoms with Crippen molar-refractivity contribution >= 4 is 11.8 Å². The summed E-state index contributed by atoms with van der Waals surface area (Å²) in [6, 6.07) is 0.443. The maximum Gasteiger partial charge on any atom is 0.0951 e. The zero-order chi connectivity index (χ0) is 10.2. The maximum absolute atomic E-state index is 6.38. The van der Waals surface area contributed by atoms with Gasteiger partial charge in [0.25, 0.3) is 0 Å². The number of hydrogen-bond donors (Lipinski definition) is 1. The van der Waals surface area contributed by atoms with E-state index < -0.39 is 0 Å². The molecule has 14 heavy (non-hydrogen) atoms. The SMILES string of the molecule is CC(C)n1cncc1C1(N)CCSC1. The molecular formula is C10H17N3S. The van der Waals surface area contributed by atoms with Crippen LogP contribution in [0.3, 0.4) is 0 Å². The van der Waals surface area contributed by atoms with Gasteiger partial charge in [-0.2, -0.15) is 11.8 Å². The molecule has 0 saturated carbocycles. The first-order chi connectivity index (χ1) is 6.63. The van der Waals surface area contributed by atoms with Gasteiger partial charge in [-0.15, -0.1) is 0 Å². The first-order valence-electron chi connectivity index (χ1n) is 5.02. The van der Waals surface area contributed by atoms with Crippen molar-refractivity contribution in [2.75, 3.05) is 11.5 Å². The zero-order valence-electron chi connectivity index (χ0n) is 8.73. The molecule has 2 heterocycles. The Labute approximate surface area is 89.1 Å². The zero-order valence-corrected chi connectivity index (χ0v) is 9.55. The summed E-state index contributed by atoms with van der Waals surface area (Å²) in [5, 5.41) is 0. The summed E-state index contributed by atoms with van der Waals surface area (Å²) in [4.78, 5) is 4.21. The number of thioether (sulfide) groups is 1. The van der Waals surface area contributed by atoms with Crippen LogP contribution in [0, 0.1) is 0 Å². The topological polar surface area (TPSA) is 43.8 Å². The second kappa shape index (κ2) is 3.59. The summed E-state index contributed by atoms with van der Waals surface area (Å²) in [7, 11) is 0. The highest BCUT2D eigenvalue weighted by Gasteiger charge is 2.34. The minimum Gasteiger partial charge on any atom is -0.330 e. The molecule has 1 atom stereocenters. The van der Waals surface area contributed by atoms with E-state index in [4.69, 9.17) is 5.73 Å². The molecule has 2 N–H and O–H groups in total. The van der Waals surface area contributed by atoms with Crippen molar-refractivity contribution in [1.29, 1.82) is 0 Å². The van der Waals surface area contributed by atoms with E-state index in [-0.39, 0.29) is 5.54 Å². The quantitative estimate of drug-likeness (QED) is 0.810. The van der Waals surface area contributed by atoms with Crippen LogP contribution in [0.5, 0.6) is 0 Å². The summed E-state index contributed by atoms with van der Waals surface area (Å²) in [6.45, 7) is 4.33. The highest BCUT2D eigenvalue weighted by Crippen LogP contribution is 2.35. The first-order valence-corrected chi connectivity index (χ1v) is 6.18. The molecule has 0 bridgehead atoms. The summed E-state index contributed by atoms with van der Waals surface area (Å²) in [5.41, 5.74) is 7.43. The van der Waals surface area contributed by atoms with Gasteiger partial charge in [0.2, 0.25) is 0 Å². The summed E-state index contributed by atoms with van der Waals surface area (Å²) < 4.78 is 2.19. The Morgan fingerprint density at radius 2 is 2.43 bits per heavy atom. The number of nitrogens with zero attached hydrogens (tertiary/aromatic N) is 2. The lowest BCUT2D eigenvalue weighted by molar-refractivity contribution is 0.441. The third kappa shape index (κ3) is 1.57. The fourth-order valence-electron chi connectivity index (χ4n) is 1.88. The average molecular weight is 211 g/mol. The van der Waals surface area contributed by atoms with E-state index in [0.29, 0.717) is 6.04 Å². The summed E-state index contributed by atoms with van der Waals surface area (Å²) in [6.07, 6.45) is 4.87. The Morgan fingerprint density at radius 3 is 3.00 bits per heavy atom. The number of aromatic nitrogens is 2. The average Bonchev–Trinajstić information content (AvgIpc) is 2.71. The predicted octanol–water partition coefficient (Wildman–Crippen LogP) is 1.75.